The normalized spacial score (nSPS) is 17.6. The first-order valence-electron chi connectivity index (χ1n) is 7.57. The number of amides is 1. The monoisotopic (exact) mass is 293 g/mol. The molecule has 1 fully saturated rings. The van der Waals surface area contributed by atoms with Crippen molar-refractivity contribution in [2.24, 2.45) is 0 Å². The minimum absolute atomic E-state index is 0.103. The zero-order valence-electron chi connectivity index (χ0n) is 12.4. The molecule has 0 aromatic heterocycles. The summed E-state index contributed by atoms with van der Waals surface area (Å²) in [5, 5.41) is 3.91. The average Bonchev–Trinajstić information content (AvgIpc) is 2.67. The Morgan fingerprint density at radius 1 is 1.20 bits per heavy atom. The van der Waals surface area contributed by atoms with E-state index < -0.39 is 5.41 Å². The summed E-state index contributed by atoms with van der Waals surface area (Å²) in [6, 6.07) is 7.93. The molecule has 0 heterocycles. The first-order chi connectivity index (χ1) is 9.50. The molecular formula is C17H24ClNO. The Morgan fingerprint density at radius 3 is 2.45 bits per heavy atom. The van der Waals surface area contributed by atoms with Gasteiger partial charge >= 0.3 is 0 Å². The standard InChI is InChI=1S/C17H24ClNO/c1-17(2,13-8-7-9-14(18)12-13)16(20)19-15-10-5-3-4-6-11-15/h7-9,12,15H,3-6,10-11H2,1-2H3,(H,19,20). The van der Waals surface area contributed by atoms with Crippen molar-refractivity contribution in [3.05, 3.63) is 34.9 Å². The summed E-state index contributed by atoms with van der Waals surface area (Å²) in [7, 11) is 0. The molecule has 0 radical (unpaired) electrons. The van der Waals surface area contributed by atoms with Crippen molar-refractivity contribution in [3.63, 3.8) is 0 Å². The summed E-state index contributed by atoms with van der Waals surface area (Å²) in [5.41, 5.74) is 0.424. The van der Waals surface area contributed by atoms with Crippen LogP contribution < -0.4 is 5.32 Å². The summed E-state index contributed by atoms with van der Waals surface area (Å²) in [6.45, 7) is 3.93. The second-order valence-electron chi connectivity index (χ2n) is 6.30. The van der Waals surface area contributed by atoms with Crippen LogP contribution in [0.25, 0.3) is 0 Å². The van der Waals surface area contributed by atoms with Gasteiger partial charge in [0, 0.05) is 11.1 Å². The maximum absolute atomic E-state index is 12.6. The second kappa shape index (κ2) is 6.62. The van der Waals surface area contributed by atoms with Crippen molar-refractivity contribution in [3.8, 4) is 0 Å². The molecule has 2 rings (SSSR count). The number of carbonyl (C=O) groups is 1. The molecule has 0 unspecified atom stereocenters. The molecule has 1 N–H and O–H groups in total. The van der Waals surface area contributed by atoms with Crippen LogP contribution in [0.3, 0.4) is 0 Å². The van der Waals surface area contributed by atoms with E-state index in [1.165, 1.54) is 25.7 Å². The fourth-order valence-corrected chi connectivity index (χ4v) is 2.99. The van der Waals surface area contributed by atoms with E-state index in [2.05, 4.69) is 5.32 Å². The topological polar surface area (TPSA) is 29.1 Å². The van der Waals surface area contributed by atoms with Gasteiger partial charge in [-0.1, -0.05) is 49.4 Å². The average molecular weight is 294 g/mol. The molecule has 0 atom stereocenters. The zero-order chi connectivity index (χ0) is 14.6. The highest BCUT2D eigenvalue weighted by Gasteiger charge is 2.31. The highest BCUT2D eigenvalue weighted by Crippen LogP contribution is 2.27. The van der Waals surface area contributed by atoms with E-state index in [0.29, 0.717) is 11.1 Å². The van der Waals surface area contributed by atoms with E-state index in [1.807, 2.05) is 38.1 Å². The van der Waals surface area contributed by atoms with Gasteiger partial charge in [0.15, 0.2) is 0 Å². The number of carbonyl (C=O) groups excluding carboxylic acids is 1. The number of halogens is 1. The molecule has 1 aliphatic rings. The van der Waals surface area contributed by atoms with Gasteiger partial charge in [0.25, 0.3) is 0 Å². The number of rotatable bonds is 3. The van der Waals surface area contributed by atoms with Crippen molar-refractivity contribution in [2.75, 3.05) is 0 Å². The maximum atomic E-state index is 12.6. The first kappa shape index (κ1) is 15.4. The molecular weight excluding hydrogens is 270 g/mol. The quantitative estimate of drug-likeness (QED) is 0.819. The van der Waals surface area contributed by atoms with E-state index in [0.717, 1.165) is 18.4 Å². The number of nitrogens with one attached hydrogen (secondary N) is 1. The van der Waals surface area contributed by atoms with E-state index in [1.54, 1.807) is 0 Å². The lowest BCUT2D eigenvalue weighted by Crippen LogP contribution is -2.45. The van der Waals surface area contributed by atoms with Gasteiger partial charge in [0.1, 0.15) is 0 Å². The van der Waals surface area contributed by atoms with Crippen molar-refractivity contribution >= 4 is 17.5 Å². The Bertz CT molecular complexity index is 462. The van der Waals surface area contributed by atoms with Gasteiger partial charge in [0.2, 0.25) is 5.91 Å². The zero-order valence-corrected chi connectivity index (χ0v) is 13.2. The molecule has 110 valence electrons. The molecule has 3 heteroatoms. The molecule has 0 spiro atoms. The lowest BCUT2D eigenvalue weighted by atomic mass is 9.83. The summed E-state index contributed by atoms with van der Waals surface area (Å²) < 4.78 is 0. The summed E-state index contributed by atoms with van der Waals surface area (Å²) >= 11 is 6.04. The molecule has 0 saturated heterocycles. The van der Waals surface area contributed by atoms with Crippen LogP contribution in [0.1, 0.15) is 57.9 Å². The molecule has 2 nitrogen and oxygen atoms in total. The molecule has 1 aromatic carbocycles. The molecule has 0 aliphatic heterocycles. The highest BCUT2D eigenvalue weighted by molar-refractivity contribution is 6.30. The van der Waals surface area contributed by atoms with Crippen LogP contribution in [0.15, 0.2) is 24.3 Å². The maximum Gasteiger partial charge on any atom is 0.230 e. The Morgan fingerprint density at radius 2 is 1.85 bits per heavy atom. The Hall–Kier alpha value is -1.02. The van der Waals surface area contributed by atoms with Crippen molar-refractivity contribution in [1.29, 1.82) is 0 Å². The first-order valence-corrected chi connectivity index (χ1v) is 7.95. The van der Waals surface area contributed by atoms with Gasteiger partial charge in [-0.2, -0.15) is 0 Å². The van der Waals surface area contributed by atoms with Gasteiger partial charge in [-0.15, -0.1) is 0 Å². The van der Waals surface area contributed by atoms with Crippen molar-refractivity contribution in [2.45, 2.75) is 63.8 Å². The van der Waals surface area contributed by atoms with Gasteiger partial charge in [-0.05, 0) is 44.4 Å². The van der Waals surface area contributed by atoms with Crippen LogP contribution in [0.5, 0.6) is 0 Å². The van der Waals surface area contributed by atoms with Crippen molar-refractivity contribution in [1.82, 2.24) is 5.32 Å². The van der Waals surface area contributed by atoms with E-state index in [9.17, 15) is 4.79 Å². The molecule has 1 amide bonds. The molecule has 0 bridgehead atoms. The fourth-order valence-electron chi connectivity index (χ4n) is 2.80. The number of benzene rings is 1. The minimum Gasteiger partial charge on any atom is -0.353 e. The molecule has 1 aromatic rings. The van der Waals surface area contributed by atoms with Crippen LogP contribution >= 0.6 is 11.6 Å². The van der Waals surface area contributed by atoms with Crippen LogP contribution in [0, 0.1) is 0 Å². The highest BCUT2D eigenvalue weighted by atomic mass is 35.5. The minimum atomic E-state index is -0.544. The third-order valence-corrected chi connectivity index (χ3v) is 4.54. The van der Waals surface area contributed by atoms with Gasteiger partial charge in [-0.25, -0.2) is 0 Å². The fraction of sp³-hybridized carbons (Fsp3) is 0.588. The lowest BCUT2D eigenvalue weighted by molar-refractivity contribution is -0.126. The van der Waals surface area contributed by atoms with E-state index in [4.69, 9.17) is 11.6 Å². The SMILES string of the molecule is CC(C)(C(=O)NC1CCCCCC1)c1cccc(Cl)c1. The second-order valence-corrected chi connectivity index (χ2v) is 6.73. The predicted molar refractivity (Wildman–Crippen MR) is 84.1 cm³/mol. The predicted octanol–water partition coefficient (Wildman–Crippen LogP) is 4.46. The van der Waals surface area contributed by atoms with Crippen molar-refractivity contribution < 1.29 is 4.79 Å². The number of hydrogen-bond donors (Lipinski definition) is 1. The third kappa shape index (κ3) is 3.76. The van der Waals surface area contributed by atoms with Crippen LogP contribution in [-0.2, 0) is 10.2 Å². The summed E-state index contributed by atoms with van der Waals surface area (Å²) in [6.07, 6.45) is 7.26. The Kier molecular flexibility index (Phi) is 5.09. The van der Waals surface area contributed by atoms with Crippen LogP contribution in [0.2, 0.25) is 5.02 Å². The molecule has 1 aliphatic carbocycles. The Balaban J connectivity index is 2.06. The smallest absolute Gasteiger partial charge is 0.230 e. The van der Waals surface area contributed by atoms with Gasteiger partial charge < -0.3 is 5.32 Å². The summed E-state index contributed by atoms with van der Waals surface area (Å²) in [4.78, 5) is 12.6. The van der Waals surface area contributed by atoms with Gasteiger partial charge in [-0.3, -0.25) is 4.79 Å². The van der Waals surface area contributed by atoms with Crippen LogP contribution in [0.4, 0.5) is 0 Å². The summed E-state index contributed by atoms with van der Waals surface area (Å²) in [5.74, 6) is 0.103. The molecule has 20 heavy (non-hydrogen) atoms. The number of hydrogen-bond acceptors (Lipinski definition) is 1. The van der Waals surface area contributed by atoms with E-state index in [-0.39, 0.29) is 5.91 Å². The lowest BCUT2D eigenvalue weighted by Gasteiger charge is -2.27. The third-order valence-electron chi connectivity index (χ3n) is 4.30. The van der Waals surface area contributed by atoms with E-state index >= 15 is 0 Å². The van der Waals surface area contributed by atoms with Crippen LogP contribution in [-0.4, -0.2) is 11.9 Å². The Labute approximate surface area is 126 Å². The molecule has 1 saturated carbocycles. The largest absolute Gasteiger partial charge is 0.353 e. The van der Waals surface area contributed by atoms with Gasteiger partial charge in [0.05, 0.1) is 5.41 Å².